The Labute approximate surface area is 147 Å². The molecular weight excluding hydrogens is 326 g/mol. The van der Waals surface area contributed by atoms with Crippen LogP contribution in [0.3, 0.4) is 0 Å². The van der Waals surface area contributed by atoms with Crippen LogP contribution in [-0.4, -0.2) is 39.3 Å². The molecule has 1 aliphatic carbocycles. The third kappa shape index (κ3) is 5.83. The molecule has 0 spiro atoms. The van der Waals surface area contributed by atoms with Gasteiger partial charge in [-0.05, 0) is 40.0 Å². The SMILES string of the molecule is CC(C)(C)OC(=O)NC1CCC(SC(=O)c2ccccc2)C(O)C1. The fourth-order valence-corrected chi connectivity index (χ4v) is 3.71. The largest absolute Gasteiger partial charge is 0.444 e. The van der Waals surface area contributed by atoms with Gasteiger partial charge in [-0.3, -0.25) is 4.79 Å². The first kappa shape index (κ1) is 18.8. The Kier molecular flexibility index (Phi) is 6.29. The van der Waals surface area contributed by atoms with Gasteiger partial charge in [-0.15, -0.1) is 0 Å². The number of amides is 1. The van der Waals surface area contributed by atoms with Crippen molar-refractivity contribution in [3.05, 3.63) is 35.9 Å². The fraction of sp³-hybridized carbons (Fsp3) is 0.556. The summed E-state index contributed by atoms with van der Waals surface area (Å²) in [5.74, 6) is 0. The minimum absolute atomic E-state index is 0.0294. The van der Waals surface area contributed by atoms with E-state index in [9.17, 15) is 14.7 Å². The van der Waals surface area contributed by atoms with Crippen molar-refractivity contribution in [2.45, 2.75) is 63.0 Å². The highest BCUT2D eigenvalue weighted by Gasteiger charge is 2.32. The second-order valence-corrected chi connectivity index (χ2v) is 8.25. The molecule has 3 atom stereocenters. The molecule has 0 saturated heterocycles. The van der Waals surface area contributed by atoms with Crippen LogP contribution in [0.4, 0.5) is 4.79 Å². The van der Waals surface area contributed by atoms with E-state index < -0.39 is 17.8 Å². The van der Waals surface area contributed by atoms with E-state index in [4.69, 9.17) is 4.74 Å². The first-order chi connectivity index (χ1) is 11.2. The molecule has 132 valence electrons. The second kappa shape index (κ2) is 8.03. The Bertz CT molecular complexity index is 570. The lowest BCUT2D eigenvalue weighted by atomic mass is 9.92. The van der Waals surface area contributed by atoms with Gasteiger partial charge in [0.1, 0.15) is 5.60 Å². The summed E-state index contributed by atoms with van der Waals surface area (Å²) in [6.45, 7) is 5.43. The van der Waals surface area contributed by atoms with Crippen molar-refractivity contribution < 1.29 is 19.4 Å². The van der Waals surface area contributed by atoms with E-state index >= 15 is 0 Å². The van der Waals surface area contributed by atoms with E-state index in [1.165, 1.54) is 11.8 Å². The van der Waals surface area contributed by atoms with Crippen molar-refractivity contribution in [2.75, 3.05) is 0 Å². The van der Waals surface area contributed by atoms with Gasteiger partial charge in [0.05, 0.1) is 6.10 Å². The van der Waals surface area contributed by atoms with Gasteiger partial charge < -0.3 is 15.2 Å². The number of aliphatic hydroxyl groups excluding tert-OH is 1. The zero-order chi connectivity index (χ0) is 17.7. The third-order valence-electron chi connectivity index (χ3n) is 3.74. The van der Waals surface area contributed by atoms with Gasteiger partial charge >= 0.3 is 6.09 Å². The van der Waals surface area contributed by atoms with E-state index in [-0.39, 0.29) is 16.4 Å². The van der Waals surface area contributed by atoms with Crippen molar-refractivity contribution in [2.24, 2.45) is 0 Å². The molecule has 0 heterocycles. The van der Waals surface area contributed by atoms with Crippen LogP contribution < -0.4 is 5.32 Å². The first-order valence-corrected chi connectivity index (χ1v) is 9.06. The second-order valence-electron chi connectivity index (χ2n) is 7.03. The number of rotatable bonds is 3. The molecule has 3 unspecified atom stereocenters. The van der Waals surface area contributed by atoms with Gasteiger partial charge in [0, 0.05) is 16.9 Å². The predicted octanol–water partition coefficient (Wildman–Crippen LogP) is 3.37. The Morgan fingerprint density at radius 2 is 1.88 bits per heavy atom. The molecule has 2 rings (SSSR count). The number of carbonyl (C=O) groups excluding carboxylic acids is 2. The zero-order valence-electron chi connectivity index (χ0n) is 14.3. The van der Waals surface area contributed by atoms with Crippen molar-refractivity contribution in [1.82, 2.24) is 5.32 Å². The number of hydrogen-bond donors (Lipinski definition) is 2. The molecule has 1 fully saturated rings. The highest BCUT2D eigenvalue weighted by Crippen LogP contribution is 2.31. The van der Waals surface area contributed by atoms with Crippen LogP contribution in [-0.2, 0) is 4.74 Å². The Hall–Kier alpha value is -1.53. The minimum atomic E-state index is -0.628. The lowest BCUT2D eigenvalue weighted by molar-refractivity contribution is 0.0455. The van der Waals surface area contributed by atoms with Crippen molar-refractivity contribution in [1.29, 1.82) is 0 Å². The maximum Gasteiger partial charge on any atom is 0.407 e. The van der Waals surface area contributed by atoms with Gasteiger partial charge in [-0.2, -0.15) is 0 Å². The Balaban J connectivity index is 1.82. The molecule has 0 aromatic heterocycles. The molecule has 24 heavy (non-hydrogen) atoms. The van der Waals surface area contributed by atoms with Crippen LogP contribution in [0, 0.1) is 0 Å². The standard InChI is InChI=1S/C18H25NO4S/c1-18(2,3)23-17(22)19-13-9-10-15(14(20)11-13)24-16(21)12-7-5-4-6-8-12/h4-8,13-15,20H,9-11H2,1-3H3,(H,19,22). The number of thioether (sulfide) groups is 1. The number of aliphatic hydroxyl groups is 1. The van der Waals surface area contributed by atoms with Gasteiger partial charge in [-0.25, -0.2) is 4.79 Å². The van der Waals surface area contributed by atoms with Crippen molar-refractivity contribution in [3.8, 4) is 0 Å². The molecule has 1 aromatic carbocycles. The van der Waals surface area contributed by atoms with Crippen LogP contribution >= 0.6 is 11.8 Å². The van der Waals surface area contributed by atoms with E-state index in [0.717, 1.165) is 6.42 Å². The number of alkyl carbamates (subject to hydrolysis) is 1. The van der Waals surface area contributed by atoms with Crippen LogP contribution in [0.25, 0.3) is 0 Å². The number of carbonyl (C=O) groups is 2. The summed E-state index contributed by atoms with van der Waals surface area (Å²) in [5, 5.41) is 12.9. The highest BCUT2D eigenvalue weighted by atomic mass is 32.2. The number of benzene rings is 1. The fourth-order valence-electron chi connectivity index (χ4n) is 2.64. The average Bonchev–Trinajstić information content (AvgIpc) is 2.49. The van der Waals surface area contributed by atoms with E-state index in [1.807, 2.05) is 39.0 Å². The first-order valence-electron chi connectivity index (χ1n) is 8.18. The summed E-state index contributed by atoms with van der Waals surface area (Å²) >= 11 is 1.18. The number of hydrogen-bond acceptors (Lipinski definition) is 5. The number of nitrogens with one attached hydrogen (secondary N) is 1. The summed E-state index contributed by atoms with van der Waals surface area (Å²) in [4.78, 5) is 24.0. The molecule has 0 radical (unpaired) electrons. The maximum absolute atomic E-state index is 12.2. The average molecular weight is 351 g/mol. The molecule has 5 nitrogen and oxygen atoms in total. The van der Waals surface area contributed by atoms with Crippen LogP contribution in [0.15, 0.2) is 30.3 Å². The molecule has 1 aromatic rings. The monoisotopic (exact) mass is 351 g/mol. The van der Waals surface area contributed by atoms with Gasteiger partial charge in [0.2, 0.25) is 5.12 Å². The lowest BCUT2D eigenvalue weighted by Gasteiger charge is -2.33. The molecule has 6 heteroatoms. The summed E-state index contributed by atoms with van der Waals surface area (Å²) in [7, 11) is 0. The van der Waals surface area contributed by atoms with Gasteiger partial charge in [-0.1, -0.05) is 42.1 Å². The zero-order valence-corrected chi connectivity index (χ0v) is 15.1. The Morgan fingerprint density at radius 1 is 1.21 bits per heavy atom. The summed E-state index contributed by atoms with van der Waals surface area (Å²) in [6.07, 6.45) is 0.724. The van der Waals surface area contributed by atoms with E-state index in [0.29, 0.717) is 18.4 Å². The summed E-state index contributed by atoms with van der Waals surface area (Å²) < 4.78 is 5.23. The van der Waals surface area contributed by atoms with Crippen LogP contribution in [0.1, 0.15) is 50.4 Å². The third-order valence-corrected chi connectivity index (χ3v) is 5.05. The molecule has 1 aliphatic rings. The minimum Gasteiger partial charge on any atom is -0.444 e. The molecular formula is C18H25NO4S. The van der Waals surface area contributed by atoms with Crippen molar-refractivity contribution >= 4 is 23.0 Å². The molecule has 1 amide bonds. The summed E-state index contributed by atoms with van der Waals surface area (Å²) in [6, 6.07) is 8.94. The van der Waals surface area contributed by atoms with E-state index in [2.05, 4.69) is 5.32 Å². The lowest BCUT2D eigenvalue weighted by Crippen LogP contribution is -2.45. The molecule has 0 bridgehead atoms. The topological polar surface area (TPSA) is 75.6 Å². The molecule has 0 aliphatic heterocycles. The van der Waals surface area contributed by atoms with Crippen LogP contribution in [0.2, 0.25) is 0 Å². The number of ether oxygens (including phenoxy) is 1. The normalized spacial score (nSPS) is 24.2. The molecule has 1 saturated carbocycles. The molecule has 2 N–H and O–H groups in total. The maximum atomic E-state index is 12.2. The quantitative estimate of drug-likeness (QED) is 0.873. The Morgan fingerprint density at radius 3 is 2.46 bits per heavy atom. The highest BCUT2D eigenvalue weighted by molar-refractivity contribution is 8.14. The predicted molar refractivity (Wildman–Crippen MR) is 95.2 cm³/mol. The van der Waals surface area contributed by atoms with Gasteiger partial charge in [0.25, 0.3) is 0 Å². The summed E-state index contributed by atoms with van der Waals surface area (Å²) in [5.41, 5.74) is 0.0985. The van der Waals surface area contributed by atoms with Crippen LogP contribution in [0.5, 0.6) is 0 Å². The van der Waals surface area contributed by atoms with Crippen molar-refractivity contribution in [3.63, 3.8) is 0 Å². The smallest absolute Gasteiger partial charge is 0.407 e. The van der Waals surface area contributed by atoms with E-state index in [1.54, 1.807) is 12.1 Å². The van der Waals surface area contributed by atoms with Gasteiger partial charge in [0.15, 0.2) is 0 Å².